The van der Waals surface area contributed by atoms with Gasteiger partial charge in [0.25, 0.3) is 0 Å². The minimum Gasteiger partial charge on any atom is -0.373 e. The molecule has 0 bridgehead atoms. The highest BCUT2D eigenvalue weighted by Gasteiger charge is 2.25. The lowest BCUT2D eigenvalue weighted by molar-refractivity contribution is 0.0224. The molecule has 2 fully saturated rings. The molecule has 0 amide bonds. The first-order chi connectivity index (χ1) is 7.31. The maximum absolute atomic E-state index is 10.0. The zero-order chi connectivity index (χ0) is 10.7. The summed E-state index contributed by atoms with van der Waals surface area (Å²) in [5, 5.41) is 19.0. The average Bonchev–Trinajstić information content (AvgIpc) is 3.10. The van der Waals surface area contributed by atoms with Gasteiger partial charge in [-0.05, 0) is 31.6 Å². The van der Waals surface area contributed by atoms with Crippen molar-refractivity contribution in [3.63, 3.8) is 0 Å². The zero-order valence-corrected chi connectivity index (χ0v) is 9.02. The topological polar surface area (TPSA) is 47.3 Å². The predicted octanol–water partition coefficient (Wildman–Crippen LogP) is 1.65. The van der Waals surface area contributed by atoms with Crippen LogP contribution in [0.25, 0.3) is 0 Å². The van der Waals surface area contributed by atoms with Crippen LogP contribution in [-0.4, -0.2) is 29.3 Å². The Morgan fingerprint density at radius 1 is 1.33 bits per heavy atom. The molecule has 1 N–H and O–H groups in total. The Bertz CT molecular complexity index is 282. The number of aliphatic hydroxyl groups excluding tert-OH is 1. The van der Waals surface area contributed by atoms with E-state index in [0.717, 1.165) is 25.9 Å². The molecule has 3 nitrogen and oxygen atoms in total. The zero-order valence-electron chi connectivity index (χ0n) is 9.02. The lowest BCUT2D eigenvalue weighted by atomic mass is 10.1. The number of hydrogen-bond donors (Lipinski definition) is 1. The first kappa shape index (κ1) is 10.7. The van der Waals surface area contributed by atoms with Crippen molar-refractivity contribution in [2.24, 2.45) is 5.92 Å². The van der Waals surface area contributed by atoms with Gasteiger partial charge in [-0.15, -0.1) is 0 Å². The summed E-state index contributed by atoms with van der Waals surface area (Å²) in [5.74, 6) is 0.555. The van der Waals surface area contributed by atoms with E-state index in [1.54, 1.807) is 0 Å². The summed E-state index contributed by atoms with van der Waals surface area (Å²) in [6, 6.07) is 2.14. The van der Waals surface area contributed by atoms with E-state index in [9.17, 15) is 5.11 Å². The van der Waals surface area contributed by atoms with Gasteiger partial charge in [0.15, 0.2) is 0 Å². The molecule has 0 aromatic heterocycles. The van der Waals surface area contributed by atoms with E-state index in [-0.39, 0.29) is 0 Å². The molecular weight excluding hydrogens is 188 g/mol. The van der Waals surface area contributed by atoms with Crippen molar-refractivity contribution in [2.75, 3.05) is 13.1 Å². The third kappa shape index (κ3) is 2.80. The van der Waals surface area contributed by atoms with Crippen LogP contribution in [0.1, 0.15) is 32.1 Å². The highest BCUT2D eigenvalue weighted by molar-refractivity contribution is 5.26. The van der Waals surface area contributed by atoms with Crippen molar-refractivity contribution in [3.05, 3.63) is 11.6 Å². The van der Waals surface area contributed by atoms with Crippen LogP contribution in [0.2, 0.25) is 0 Å². The molecule has 0 aromatic carbocycles. The second-order valence-corrected chi connectivity index (χ2v) is 4.54. The smallest absolute Gasteiger partial charge is 0.143 e. The normalized spacial score (nSPS) is 26.0. The van der Waals surface area contributed by atoms with E-state index in [1.165, 1.54) is 19.3 Å². The quantitative estimate of drug-likeness (QED) is 0.714. The highest BCUT2D eigenvalue weighted by Crippen LogP contribution is 2.32. The van der Waals surface area contributed by atoms with Gasteiger partial charge in [-0.25, -0.2) is 0 Å². The van der Waals surface area contributed by atoms with Gasteiger partial charge in [0, 0.05) is 13.1 Å². The molecule has 0 spiro atoms. The largest absolute Gasteiger partial charge is 0.373 e. The molecule has 1 heterocycles. The number of likely N-dealkylation sites (tertiary alicyclic amines) is 1. The standard InChI is InChI=1S/C12H18N2O/c13-9-11(8-10-4-5-10)12(15)14-6-2-1-3-7-14/h8,10,12,15H,1-7H2/b11-8+. The minimum absolute atomic E-state index is 0.555. The van der Waals surface area contributed by atoms with Gasteiger partial charge in [-0.1, -0.05) is 12.5 Å². The van der Waals surface area contributed by atoms with Gasteiger partial charge in [-0.2, -0.15) is 5.26 Å². The average molecular weight is 206 g/mol. The SMILES string of the molecule is N#C/C(=C\C1CC1)C(O)N1CCCCC1. The molecule has 0 aromatic rings. The molecule has 2 aliphatic rings. The Hall–Kier alpha value is -0.850. The molecule has 1 unspecified atom stereocenters. The summed E-state index contributed by atoms with van der Waals surface area (Å²) in [5.41, 5.74) is 0.555. The maximum Gasteiger partial charge on any atom is 0.143 e. The third-order valence-corrected chi connectivity index (χ3v) is 3.18. The number of rotatable bonds is 3. The Labute approximate surface area is 91.0 Å². The van der Waals surface area contributed by atoms with Crippen LogP contribution in [0.5, 0.6) is 0 Å². The van der Waals surface area contributed by atoms with E-state index in [0.29, 0.717) is 11.5 Å². The van der Waals surface area contributed by atoms with Crippen molar-refractivity contribution < 1.29 is 5.11 Å². The molecule has 3 heteroatoms. The maximum atomic E-state index is 10.0. The minimum atomic E-state index is -0.657. The van der Waals surface area contributed by atoms with Crippen LogP contribution in [0.4, 0.5) is 0 Å². The molecule has 1 aliphatic carbocycles. The van der Waals surface area contributed by atoms with Crippen molar-refractivity contribution in [3.8, 4) is 6.07 Å². The van der Waals surface area contributed by atoms with Crippen LogP contribution in [0.15, 0.2) is 11.6 Å². The molecule has 2 rings (SSSR count). The molecular formula is C12H18N2O. The van der Waals surface area contributed by atoms with E-state index >= 15 is 0 Å². The fourth-order valence-electron chi connectivity index (χ4n) is 2.06. The monoisotopic (exact) mass is 206 g/mol. The third-order valence-electron chi connectivity index (χ3n) is 3.18. The van der Waals surface area contributed by atoms with Crippen molar-refractivity contribution in [1.29, 1.82) is 5.26 Å². The van der Waals surface area contributed by atoms with Gasteiger partial charge >= 0.3 is 0 Å². The predicted molar refractivity (Wildman–Crippen MR) is 57.9 cm³/mol. The van der Waals surface area contributed by atoms with E-state index in [4.69, 9.17) is 5.26 Å². The van der Waals surface area contributed by atoms with Gasteiger partial charge in [0.05, 0.1) is 11.6 Å². The van der Waals surface area contributed by atoms with Gasteiger partial charge in [0.1, 0.15) is 6.23 Å². The summed E-state index contributed by atoms with van der Waals surface area (Å²) >= 11 is 0. The fraction of sp³-hybridized carbons (Fsp3) is 0.750. The number of nitriles is 1. The second kappa shape index (κ2) is 4.78. The summed E-state index contributed by atoms with van der Waals surface area (Å²) in [6.45, 7) is 1.84. The molecule has 82 valence electrons. The molecule has 1 atom stereocenters. The Morgan fingerprint density at radius 3 is 2.53 bits per heavy atom. The summed E-state index contributed by atoms with van der Waals surface area (Å²) in [6.07, 6.45) is 7.18. The number of piperidine rings is 1. The van der Waals surface area contributed by atoms with E-state index in [1.807, 2.05) is 11.0 Å². The Morgan fingerprint density at radius 2 is 2.00 bits per heavy atom. The summed E-state index contributed by atoms with van der Waals surface area (Å²) < 4.78 is 0. The molecule has 1 aliphatic heterocycles. The second-order valence-electron chi connectivity index (χ2n) is 4.54. The van der Waals surface area contributed by atoms with E-state index in [2.05, 4.69) is 6.07 Å². The van der Waals surface area contributed by atoms with Crippen LogP contribution in [0.3, 0.4) is 0 Å². The van der Waals surface area contributed by atoms with Gasteiger partial charge < -0.3 is 5.11 Å². The highest BCUT2D eigenvalue weighted by atomic mass is 16.3. The Kier molecular flexibility index (Phi) is 3.40. The summed E-state index contributed by atoms with van der Waals surface area (Å²) in [4.78, 5) is 2.01. The first-order valence-electron chi connectivity index (χ1n) is 5.85. The van der Waals surface area contributed by atoms with Crippen molar-refractivity contribution in [2.45, 2.75) is 38.3 Å². The van der Waals surface area contributed by atoms with Crippen LogP contribution < -0.4 is 0 Å². The van der Waals surface area contributed by atoms with Crippen LogP contribution >= 0.6 is 0 Å². The lowest BCUT2D eigenvalue weighted by Crippen LogP contribution is -2.40. The van der Waals surface area contributed by atoms with E-state index < -0.39 is 6.23 Å². The lowest BCUT2D eigenvalue weighted by Gasteiger charge is -2.30. The van der Waals surface area contributed by atoms with Crippen LogP contribution in [-0.2, 0) is 0 Å². The number of aliphatic hydroxyl groups is 1. The van der Waals surface area contributed by atoms with Crippen molar-refractivity contribution >= 4 is 0 Å². The fourth-order valence-corrected chi connectivity index (χ4v) is 2.06. The Balaban J connectivity index is 1.97. The molecule has 0 radical (unpaired) electrons. The molecule has 1 saturated heterocycles. The molecule has 15 heavy (non-hydrogen) atoms. The summed E-state index contributed by atoms with van der Waals surface area (Å²) in [7, 11) is 0. The number of hydrogen-bond acceptors (Lipinski definition) is 3. The van der Waals surface area contributed by atoms with Gasteiger partial charge in [0.2, 0.25) is 0 Å². The van der Waals surface area contributed by atoms with Crippen molar-refractivity contribution in [1.82, 2.24) is 4.90 Å². The molecule has 1 saturated carbocycles. The first-order valence-corrected chi connectivity index (χ1v) is 5.85. The number of nitrogens with zero attached hydrogens (tertiary/aromatic N) is 2. The van der Waals surface area contributed by atoms with Crippen LogP contribution in [0, 0.1) is 17.2 Å². The number of allylic oxidation sites excluding steroid dienone is 1. The van der Waals surface area contributed by atoms with Gasteiger partial charge in [-0.3, -0.25) is 4.90 Å².